The van der Waals surface area contributed by atoms with Gasteiger partial charge in [0.25, 0.3) is 0 Å². The molecule has 1 aromatic heterocycles. The van der Waals surface area contributed by atoms with Crippen LogP contribution in [0.4, 0.5) is 0 Å². The Labute approximate surface area is 133 Å². The van der Waals surface area contributed by atoms with E-state index in [1.165, 1.54) is 12.1 Å². The summed E-state index contributed by atoms with van der Waals surface area (Å²) in [5.41, 5.74) is 0.804. The minimum Gasteiger partial charge on any atom is -0.461 e. The first-order chi connectivity index (χ1) is 10.5. The van der Waals surface area contributed by atoms with E-state index in [0.717, 1.165) is 16.7 Å². The lowest BCUT2D eigenvalue weighted by Crippen LogP contribution is -2.25. The van der Waals surface area contributed by atoms with Crippen LogP contribution in [-0.2, 0) is 16.4 Å². The molecule has 22 heavy (non-hydrogen) atoms. The number of furan rings is 1. The predicted octanol–water partition coefficient (Wildman–Crippen LogP) is 3.61. The number of nitrogens with one attached hydrogen (secondary N) is 1. The quantitative estimate of drug-likeness (QED) is 0.775. The molecule has 0 amide bonds. The molecule has 0 unspecified atom stereocenters. The summed E-state index contributed by atoms with van der Waals surface area (Å²) in [6.45, 7) is 0.269. The predicted molar refractivity (Wildman–Crippen MR) is 86.6 cm³/mol. The Morgan fingerprint density at radius 2 is 1.77 bits per heavy atom. The van der Waals surface area contributed by atoms with E-state index < -0.39 is 10.0 Å². The highest BCUT2D eigenvalue weighted by atomic mass is 35.5. The summed E-state index contributed by atoms with van der Waals surface area (Å²) in [6.07, 6.45) is 0.488. The summed E-state index contributed by atoms with van der Waals surface area (Å²) >= 11 is 5.76. The molecule has 0 atom stereocenters. The Morgan fingerprint density at radius 3 is 2.50 bits per heavy atom. The molecule has 1 N–H and O–H groups in total. The van der Waals surface area contributed by atoms with Crippen LogP contribution >= 0.6 is 11.6 Å². The van der Waals surface area contributed by atoms with E-state index in [-0.39, 0.29) is 11.4 Å². The molecular formula is C16H14ClNO3S. The molecule has 0 aliphatic rings. The highest BCUT2D eigenvalue weighted by molar-refractivity contribution is 7.89. The molecule has 2 aromatic carbocycles. The van der Waals surface area contributed by atoms with Gasteiger partial charge in [-0.25, -0.2) is 13.1 Å². The first-order valence-corrected chi connectivity index (χ1v) is 8.63. The number of sulfonamides is 1. The Balaban J connectivity index is 1.65. The van der Waals surface area contributed by atoms with E-state index in [9.17, 15) is 8.42 Å². The monoisotopic (exact) mass is 335 g/mol. The molecule has 0 fully saturated rings. The fourth-order valence-corrected chi connectivity index (χ4v) is 3.32. The van der Waals surface area contributed by atoms with Crippen LogP contribution in [0.5, 0.6) is 0 Å². The lowest BCUT2D eigenvalue weighted by molar-refractivity contribution is 0.540. The second kappa shape index (κ2) is 6.12. The van der Waals surface area contributed by atoms with Crippen molar-refractivity contribution in [3.63, 3.8) is 0 Å². The summed E-state index contributed by atoms with van der Waals surface area (Å²) in [7, 11) is -3.53. The van der Waals surface area contributed by atoms with Gasteiger partial charge in [-0.3, -0.25) is 0 Å². The van der Waals surface area contributed by atoms with Gasteiger partial charge in [0.05, 0.1) is 4.90 Å². The largest absolute Gasteiger partial charge is 0.461 e. The molecule has 6 heteroatoms. The van der Waals surface area contributed by atoms with Crippen molar-refractivity contribution in [1.29, 1.82) is 0 Å². The molecule has 114 valence electrons. The molecule has 0 bridgehead atoms. The maximum atomic E-state index is 12.1. The number of rotatable bonds is 5. The Kier molecular flexibility index (Phi) is 4.20. The molecule has 0 saturated heterocycles. The van der Waals surface area contributed by atoms with Crippen LogP contribution in [-0.4, -0.2) is 15.0 Å². The molecule has 0 spiro atoms. The van der Waals surface area contributed by atoms with E-state index in [2.05, 4.69) is 4.72 Å². The van der Waals surface area contributed by atoms with E-state index >= 15 is 0 Å². The number of fused-ring (bicyclic) bond motifs is 1. The lowest BCUT2D eigenvalue weighted by Gasteiger charge is -2.05. The number of benzene rings is 2. The average Bonchev–Trinajstić information content (AvgIpc) is 2.90. The maximum Gasteiger partial charge on any atom is 0.240 e. The molecule has 3 rings (SSSR count). The van der Waals surface area contributed by atoms with E-state index in [0.29, 0.717) is 11.4 Å². The minimum atomic E-state index is -3.53. The van der Waals surface area contributed by atoms with Gasteiger partial charge in [0.2, 0.25) is 10.0 Å². The van der Waals surface area contributed by atoms with Gasteiger partial charge in [0.1, 0.15) is 11.3 Å². The van der Waals surface area contributed by atoms with Gasteiger partial charge in [-0.2, -0.15) is 0 Å². The normalized spacial score (nSPS) is 11.9. The SMILES string of the molecule is O=S(=O)(NCCc1cc2ccccc2o1)c1ccc(Cl)cc1. The maximum absolute atomic E-state index is 12.1. The van der Waals surface area contributed by atoms with Gasteiger partial charge in [-0.1, -0.05) is 29.8 Å². The zero-order valence-electron chi connectivity index (χ0n) is 11.6. The molecule has 0 radical (unpaired) electrons. The van der Waals surface area contributed by atoms with Crippen molar-refractivity contribution in [3.8, 4) is 0 Å². The van der Waals surface area contributed by atoms with Crippen molar-refractivity contribution >= 4 is 32.6 Å². The third-order valence-corrected chi connectivity index (χ3v) is 4.99. The summed E-state index contributed by atoms with van der Waals surface area (Å²) in [5.74, 6) is 0.750. The second-order valence-electron chi connectivity index (χ2n) is 4.85. The van der Waals surface area contributed by atoms with Gasteiger partial charge in [-0.15, -0.1) is 0 Å². The standard InChI is InChI=1S/C16H14ClNO3S/c17-13-5-7-15(8-6-13)22(19,20)18-10-9-14-11-12-3-1-2-4-16(12)21-14/h1-8,11,18H,9-10H2. The fraction of sp³-hybridized carbons (Fsp3) is 0.125. The Hall–Kier alpha value is -1.82. The van der Waals surface area contributed by atoms with Crippen molar-refractivity contribution in [2.45, 2.75) is 11.3 Å². The van der Waals surface area contributed by atoms with E-state index in [1.807, 2.05) is 30.3 Å². The molecule has 4 nitrogen and oxygen atoms in total. The first-order valence-electron chi connectivity index (χ1n) is 6.77. The van der Waals surface area contributed by atoms with Gasteiger partial charge < -0.3 is 4.42 Å². The van der Waals surface area contributed by atoms with Crippen LogP contribution in [0.1, 0.15) is 5.76 Å². The second-order valence-corrected chi connectivity index (χ2v) is 7.06. The van der Waals surface area contributed by atoms with Crippen molar-refractivity contribution in [2.75, 3.05) is 6.54 Å². The van der Waals surface area contributed by atoms with Crippen molar-refractivity contribution in [1.82, 2.24) is 4.72 Å². The Bertz CT molecular complexity index is 852. The number of halogens is 1. The molecule has 0 aliphatic carbocycles. The van der Waals surface area contributed by atoms with Crippen molar-refractivity contribution in [2.24, 2.45) is 0 Å². The highest BCUT2D eigenvalue weighted by Gasteiger charge is 2.13. The van der Waals surface area contributed by atoms with Crippen LogP contribution in [0, 0.1) is 0 Å². The third kappa shape index (κ3) is 3.32. The van der Waals surface area contributed by atoms with E-state index in [4.69, 9.17) is 16.0 Å². The average molecular weight is 336 g/mol. The van der Waals surface area contributed by atoms with Gasteiger partial charge in [0, 0.05) is 23.4 Å². The topological polar surface area (TPSA) is 59.3 Å². The zero-order chi connectivity index (χ0) is 15.6. The number of para-hydroxylation sites is 1. The third-order valence-electron chi connectivity index (χ3n) is 3.26. The Morgan fingerprint density at radius 1 is 1.05 bits per heavy atom. The van der Waals surface area contributed by atoms with Crippen LogP contribution in [0.25, 0.3) is 11.0 Å². The van der Waals surface area contributed by atoms with Gasteiger partial charge in [0.15, 0.2) is 0 Å². The molecule has 0 saturated carbocycles. The molecule has 0 aliphatic heterocycles. The number of hydrogen-bond donors (Lipinski definition) is 1. The highest BCUT2D eigenvalue weighted by Crippen LogP contribution is 2.19. The molecule has 1 heterocycles. The van der Waals surface area contributed by atoms with Crippen LogP contribution < -0.4 is 4.72 Å². The summed E-state index contributed by atoms with van der Waals surface area (Å²) < 4.78 is 32.5. The summed E-state index contributed by atoms with van der Waals surface area (Å²) in [6, 6.07) is 15.7. The van der Waals surface area contributed by atoms with Crippen LogP contribution in [0.3, 0.4) is 0 Å². The van der Waals surface area contributed by atoms with Crippen LogP contribution in [0.15, 0.2) is 63.9 Å². The van der Waals surface area contributed by atoms with Gasteiger partial charge >= 0.3 is 0 Å². The van der Waals surface area contributed by atoms with Crippen molar-refractivity contribution in [3.05, 3.63) is 65.4 Å². The summed E-state index contributed by atoms with van der Waals surface area (Å²) in [4.78, 5) is 0.196. The van der Waals surface area contributed by atoms with Gasteiger partial charge in [-0.05, 0) is 36.4 Å². The lowest BCUT2D eigenvalue weighted by atomic mass is 10.2. The van der Waals surface area contributed by atoms with Crippen molar-refractivity contribution < 1.29 is 12.8 Å². The fourth-order valence-electron chi connectivity index (χ4n) is 2.17. The smallest absolute Gasteiger partial charge is 0.240 e. The molecular weight excluding hydrogens is 322 g/mol. The first kappa shape index (κ1) is 15.1. The zero-order valence-corrected chi connectivity index (χ0v) is 13.2. The molecule has 3 aromatic rings. The number of hydrogen-bond acceptors (Lipinski definition) is 3. The van der Waals surface area contributed by atoms with E-state index in [1.54, 1.807) is 12.1 Å². The van der Waals surface area contributed by atoms with Crippen LogP contribution in [0.2, 0.25) is 5.02 Å². The minimum absolute atomic E-state index is 0.196. The summed E-state index contributed by atoms with van der Waals surface area (Å²) in [5, 5.41) is 1.51.